The summed E-state index contributed by atoms with van der Waals surface area (Å²) in [6.07, 6.45) is 0. The fourth-order valence-corrected chi connectivity index (χ4v) is 2.10. The summed E-state index contributed by atoms with van der Waals surface area (Å²) in [5, 5.41) is 0.0676. The highest BCUT2D eigenvalue weighted by molar-refractivity contribution is 8.29. The van der Waals surface area contributed by atoms with Crippen LogP contribution in [-0.2, 0) is 14.3 Å². The SMILES string of the molecule is CCOC(=O)C[SH]1NNCC1=O. The average molecular weight is 192 g/mol. The van der Waals surface area contributed by atoms with Crippen LogP contribution in [0.1, 0.15) is 6.92 Å². The number of nitrogens with one attached hydrogen (secondary N) is 2. The molecule has 2 N–H and O–H groups in total. The summed E-state index contributed by atoms with van der Waals surface area (Å²) in [5.74, 6) is -0.136. The standard InChI is InChI=1S/C6H12N2O3S/c1-2-11-5(9)4-12-6(10)3-7-8-12/h7-8,12H,2-4H2,1H3. The molecule has 0 saturated carbocycles. The number of hydrogen-bond acceptors (Lipinski definition) is 5. The molecule has 1 aliphatic rings. The molecule has 1 heterocycles. The molecule has 1 aliphatic heterocycles. The lowest BCUT2D eigenvalue weighted by atomic mass is 10.7. The molecule has 0 aromatic rings. The van der Waals surface area contributed by atoms with Gasteiger partial charge < -0.3 is 4.74 Å². The van der Waals surface area contributed by atoms with E-state index in [1.807, 2.05) is 0 Å². The average Bonchev–Trinajstić information content (AvgIpc) is 2.37. The Morgan fingerprint density at radius 3 is 3.00 bits per heavy atom. The molecule has 1 unspecified atom stereocenters. The lowest BCUT2D eigenvalue weighted by Crippen LogP contribution is -2.22. The van der Waals surface area contributed by atoms with Gasteiger partial charge in [-0.2, -0.15) is 0 Å². The molecule has 12 heavy (non-hydrogen) atoms. The second-order valence-electron chi connectivity index (χ2n) is 2.25. The van der Waals surface area contributed by atoms with Gasteiger partial charge in [0, 0.05) is 0 Å². The van der Waals surface area contributed by atoms with Crippen LogP contribution in [0.2, 0.25) is 0 Å². The predicted octanol–water partition coefficient (Wildman–Crippen LogP) is -0.900. The van der Waals surface area contributed by atoms with Crippen LogP contribution >= 0.6 is 11.1 Å². The molecular weight excluding hydrogens is 180 g/mol. The molecule has 0 spiro atoms. The number of carbonyl (C=O) groups is 2. The van der Waals surface area contributed by atoms with E-state index < -0.39 is 11.1 Å². The van der Waals surface area contributed by atoms with E-state index in [1.165, 1.54) is 0 Å². The van der Waals surface area contributed by atoms with Crippen LogP contribution in [0.3, 0.4) is 0 Å². The van der Waals surface area contributed by atoms with Crippen molar-refractivity contribution in [1.29, 1.82) is 0 Å². The van der Waals surface area contributed by atoms with Crippen LogP contribution in [0.15, 0.2) is 0 Å². The van der Waals surface area contributed by atoms with Gasteiger partial charge in [-0.05, 0) is 6.92 Å². The quantitative estimate of drug-likeness (QED) is 0.399. The second kappa shape index (κ2) is 4.44. The summed E-state index contributed by atoms with van der Waals surface area (Å²) in [7, 11) is 0. The van der Waals surface area contributed by atoms with Gasteiger partial charge in [0.25, 0.3) is 0 Å². The maximum Gasteiger partial charge on any atom is 0.315 e. The summed E-state index contributed by atoms with van der Waals surface area (Å²) in [4.78, 5) is 24.7. The van der Waals surface area contributed by atoms with E-state index in [4.69, 9.17) is 4.74 Å². The van der Waals surface area contributed by atoms with Gasteiger partial charge in [0.15, 0.2) is 5.12 Å². The lowest BCUT2D eigenvalue weighted by molar-refractivity contribution is -0.140. The first kappa shape index (κ1) is 9.50. The molecule has 1 saturated heterocycles. The third-order valence-electron chi connectivity index (χ3n) is 1.35. The second-order valence-corrected chi connectivity index (χ2v) is 4.14. The van der Waals surface area contributed by atoms with Gasteiger partial charge in [0.1, 0.15) is 0 Å². The molecule has 0 aliphatic carbocycles. The van der Waals surface area contributed by atoms with Gasteiger partial charge in [-0.25, -0.2) is 10.3 Å². The number of ether oxygens (including phenoxy) is 1. The monoisotopic (exact) mass is 192 g/mol. The fraction of sp³-hybridized carbons (Fsp3) is 0.667. The van der Waals surface area contributed by atoms with Crippen molar-refractivity contribution in [2.24, 2.45) is 0 Å². The van der Waals surface area contributed by atoms with Crippen molar-refractivity contribution in [2.45, 2.75) is 6.92 Å². The van der Waals surface area contributed by atoms with Crippen molar-refractivity contribution in [3.05, 3.63) is 0 Å². The van der Waals surface area contributed by atoms with E-state index in [9.17, 15) is 9.59 Å². The van der Waals surface area contributed by atoms with Gasteiger partial charge >= 0.3 is 5.97 Å². The third kappa shape index (κ3) is 2.47. The normalized spacial score (nSPS) is 25.8. The maximum absolute atomic E-state index is 11.0. The zero-order valence-electron chi connectivity index (χ0n) is 6.79. The fourth-order valence-electron chi connectivity index (χ4n) is 0.832. The van der Waals surface area contributed by atoms with E-state index in [0.29, 0.717) is 13.2 Å². The highest BCUT2D eigenvalue weighted by Gasteiger charge is 2.22. The van der Waals surface area contributed by atoms with E-state index in [2.05, 4.69) is 10.3 Å². The summed E-state index contributed by atoms with van der Waals surface area (Å²) in [6, 6.07) is 0. The van der Waals surface area contributed by atoms with Crippen LogP contribution in [0, 0.1) is 0 Å². The molecule has 5 nitrogen and oxygen atoms in total. The Kier molecular flexibility index (Phi) is 3.51. The molecule has 0 bridgehead atoms. The molecule has 0 aromatic carbocycles. The summed E-state index contributed by atoms with van der Waals surface area (Å²) in [6.45, 7) is 2.42. The molecular formula is C6H12N2O3S. The predicted molar refractivity (Wildman–Crippen MR) is 46.6 cm³/mol. The summed E-state index contributed by atoms with van der Waals surface area (Å²) < 4.78 is 4.71. The Morgan fingerprint density at radius 1 is 1.75 bits per heavy atom. The van der Waals surface area contributed by atoms with E-state index in [-0.39, 0.29) is 16.8 Å². The van der Waals surface area contributed by atoms with Crippen LogP contribution in [0.5, 0.6) is 0 Å². The van der Waals surface area contributed by atoms with Crippen molar-refractivity contribution in [3.8, 4) is 0 Å². The number of thiol groups is 1. The van der Waals surface area contributed by atoms with E-state index in [1.54, 1.807) is 6.92 Å². The van der Waals surface area contributed by atoms with Gasteiger partial charge in [0.05, 0.1) is 18.9 Å². The number of hydrogen-bond donors (Lipinski definition) is 3. The molecule has 70 valence electrons. The van der Waals surface area contributed by atoms with Crippen LogP contribution < -0.4 is 10.3 Å². The number of carbonyl (C=O) groups excluding carboxylic acids is 2. The molecule has 1 rings (SSSR count). The van der Waals surface area contributed by atoms with Crippen LogP contribution in [-0.4, -0.2) is 30.0 Å². The number of rotatable bonds is 3. The summed E-state index contributed by atoms with van der Waals surface area (Å²) in [5.41, 5.74) is 2.69. The van der Waals surface area contributed by atoms with Gasteiger partial charge in [-0.3, -0.25) is 9.59 Å². The first-order valence-electron chi connectivity index (χ1n) is 3.68. The minimum absolute atomic E-state index is 0.0676. The molecule has 1 atom stereocenters. The molecule has 6 heteroatoms. The van der Waals surface area contributed by atoms with Crippen LogP contribution in [0.4, 0.5) is 0 Å². The highest BCUT2D eigenvalue weighted by atomic mass is 32.2. The minimum Gasteiger partial charge on any atom is -0.465 e. The van der Waals surface area contributed by atoms with Gasteiger partial charge in [-0.15, -0.1) is 11.1 Å². The van der Waals surface area contributed by atoms with Gasteiger partial charge in [0.2, 0.25) is 0 Å². The van der Waals surface area contributed by atoms with Crippen molar-refractivity contribution < 1.29 is 14.3 Å². The van der Waals surface area contributed by atoms with Crippen molar-refractivity contribution in [1.82, 2.24) is 10.3 Å². The Labute approximate surface area is 73.3 Å². The first-order chi connectivity index (χ1) is 5.74. The zero-order valence-corrected chi connectivity index (χ0v) is 7.69. The first-order valence-corrected chi connectivity index (χ1v) is 5.21. The van der Waals surface area contributed by atoms with Crippen LogP contribution in [0.25, 0.3) is 0 Å². The van der Waals surface area contributed by atoms with Crippen molar-refractivity contribution >= 4 is 22.2 Å². The topological polar surface area (TPSA) is 67.4 Å². The Morgan fingerprint density at radius 2 is 2.50 bits per heavy atom. The summed E-state index contributed by atoms with van der Waals surface area (Å²) >= 11 is -1.03. The van der Waals surface area contributed by atoms with E-state index >= 15 is 0 Å². The molecule has 0 amide bonds. The maximum atomic E-state index is 11.0. The van der Waals surface area contributed by atoms with Gasteiger partial charge in [-0.1, -0.05) is 0 Å². The molecule has 1 fully saturated rings. The Bertz CT molecular complexity index is 197. The number of esters is 1. The van der Waals surface area contributed by atoms with E-state index in [0.717, 1.165) is 0 Å². The number of hydrazine groups is 1. The third-order valence-corrected chi connectivity index (χ3v) is 3.11. The largest absolute Gasteiger partial charge is 0.465 e. The lowest BCUT2D eigenvalue weighted by Gasteiger charge is -2.10. The van der Waals surface area contributed by atoms with Crippen molar-refractivity contribution in [3.63, 3.8) is 0 Å². The Hall–Kier alpha value is -0.590. The Balaban J connectivity index is 2.30. The molecule has 0 radical (unpaired) electrons. The zero-order chi connectivity index (χ0) is 8.97. The molecule has 0 aromatic heterocycles. The smallest absolute Gasteiger partial charge is 0.315 e. The van der Waals surface area contributed by atoms with Crippen molar-refractivity contribution in [2.75, 3.05) is 18.9 Å². The minimum atomic E-state index is -1.03. The highest BCUT2D eigenvalue weighted by Crippen LogP contribution is 2.22.